The number of anilines is 1. The first kappa shape index (κ1) is 16.3. The van der Waals surface area contributed by atoms with E-state index >= 15 is 0 Å². The lowest BCUT2D eigenvalue weighted by Gasteiger charge is -2.10. The smallest absolute Gasteiger partial charge is 0.271 e. The quantitative estimate of drug-likeness (QED) is 0.345. The summed E-state index contributed by atoms with van der Waals surface area (Å²) in [7, 11) is 0. The first-order valence-electron chi connectivity index (χ1n) is 6.22. The molecule has 0 unspecified atom stereocenters. The molecular formula is C14H10FN3O4S. The zero-order valence-corrected chi connectivity index (χ0v) is 12.3. The minimum Gasteiger partial charge on any atom is -0.506 e. The van der Waals surface area contributed by atoms with E-state index in [-0.39, 0.29) is 27.8 Å². The lowest BCUT2D eigenvalue weighted by molar-refractivity contribution is -0.384. The van der Waals surface area contributed by atoms with Crippen LogP contribution in [0.1, 0.15) is 10.4 Å². The van der Waals surface area contributed by atoms with Gasteiger partial charge in [-0.1, -0.05) is 6.07 Å². The average Bonchev–Trinajstić information content (AvgIpc) is 2.49. The van der Waals surface area contributed by atoms with E-state index in [9.17, 15) is 24.4 Å². The number of nitro benzene ring substituents is 1. The minimum absolute atomic E-state index is 0.0382. The number of nitro groups is 1. The molecule has 118 valence electrons. The normalized spacial score (nSPS) is 9.96. The van der Waals surface area contributed by atoms with Gasteiger partial charge in [-0.05, 0) is 36.5 Å². The molecule has 2 aromatic carbocycles. The van der Waals surface area contributed by atoms with E-state index in [1.54, 1.807) is 0 Å². The van der Waals surface area contributed by atoms with Crippen LogP contribution in [0.15, 0.2) is 42.5 Å². The Morgan fingerprint density at radius 3 is 2.65 bits per heavy atom. The zero-order valence-electron chi connectivity index (χ0n) is 11.4. The van der Waals surface area contributed by atoms with E-state index in [4.69, 9.17) is 12.2 Å². The second-order valence-electron chi connectivity index (χ2n) is 4.38. The molecule has 0 saturated heterocycles. The van der Waals surface area contributed by atoms with Gasteiger partial charge in [-0.25, -0.2) is 4.39 Å². The third kappa shape index (κ3) is 4.20. The molecule has 0 aliphatic rings. The minimum atomic E-state index is -0.660. The highest BCUT2D eigenvalue weighted by atomic mass is 32.1. The van der Waals surface area contributed by atoms with Crippen molar-refractivity contribution in [1.29, 1.82) is 0 Å². The van der Waals surface area contributed by atoms with E-state index in [2.05, 4.69) is 10.6 Å². The SMILES string of the molecule is O=C(NC(=S)Nc1cc([N+](=O)[O-])ccc1O)c1cccc(F)c1. The number of non-ortho nitro benzene ring substituents is 1. The number of phenols is 1. The van der Waals surface area contributed by atoms with Crippen molar-refractivity contribution in [2.45, 2.75) is 0 Å². The van der Waals surface area contributed by atoms with Crippen molar-refractivity contribution in [3.8, 4) is 5.75 Å². The molecule has 2 aromatic rings. The van der Waals surface area contributed by atoms with Crippen LogP contribution < -0.4 is 10.6 Å². The molecule has 0 spiro atoms. The van der Waals surface area contributed by atoms with Gasteiger partial charge >= 0.3 is 0 Å². The molecule has 1 amide bonds. The van der Waals surface area contributed by atoms with Gasteiger partial charge in [-0.3, -0.25) is 20.2 Å². The van der Waals surface area contributed by atoms with Gasteiger partial charge in [0, 0.05) is 17.7 Å². The number of phenolic OH excluding ortho intramolecular Hbond substituents is 1. The first-order valence-corrected chi connectivity index (χ1v) is 6.63. The fraction of sp³-hybridized carbons (Fsp3) is 0. The molecular weight excluding hydrogens is 325 g/mol. The summed E-state index contributed by atoms with van der Waals surface area (Å²) in [5.74, 6) is -1.52. The highest BCUT2D eigenvalue weighted by molar-refractivity contribution is 7.80. The molecule has 0 heterocycles. The first-order chi connectivity index (χ1) is 10.9. The van der Waals surface area contributed by atoms with Crippen LogP contribution in [-0.2, 0) is 0 Å². The Kier molecular flexibility index (Phi) is 4.82. The van der Waals surface area contributed by atoms with Crippen molar-refractivity contribution >= 4 is 34.6 Å². The van der Waals surface area contributed by atoms with Gasteiger partial charge in [0.25, 0.3) is 11.6 Å². The lowest BCUT2D eigenvalue weighted by Crippen LogP contribution is -2.34. The molecule has 2 rings (SSSR count). The molecule has 0 bridgehead atoms. The van der Waals surface area contributed by atoms with Gasteiger partial charge < -0.3 is 10.4 Å². The Morgan fingerprint density at radius 1 is 1.26 bits per heavy atom. The van der Waals surface area contributed by atoms with Gasteiger partial charge in [0.2, 0.25) is 0 Å². The van der Waals surface area contributed by atoms with Gasteiger partial charge in [-0.2, -0.15) is 0 Å². The molecule has 0 atom stereocenters. The summed E-state index contributed by atoms with van der Waals surface area (Å²) >= 11 is 4.90. The van der Waals surface area contributed by atoms with Crippen LogP contribution in [0.2, 0.25) is 0 Å². The van der Waals surface area contributed by atoms with E-state index in [0.29, 0.717) is 0 Å². The fourth-order valence-corrected chi connectivity index (χ4v) is 1.90. The molecule has 0 aliphatic carbocycles. The number of benzene rings is 2. The number of hydrogen-bond acceptors (Lipinski definition) is 5. The van der Waals surface area contributed by atoms with Gasteiger partial charge in [0.15, 0.2) is 5.11 Å². The summed E-state index contributed by atoms with van der Waals surface area (Å²) in [5, 5.41) is 24.9. The average molecular weight is 335 g/mol. The summed E-state index contributed by atoms with van der Waals surface area (Å²) < 4.78 is 13.1. The fourth-order valence-electron chi connectivity index (χ4n) is 1.70. The zero-order chi connectivity index (χ0) is 17.0. The number of carbonyl (C=O) groups is 1. The van der Waals surface area contributed by atoms with Crippen LogP contribution in [0.5, 0.6) is 5.75 Å². The van der Waals surface area contributed by atoms with E-state index in [1.165, 1.54) is 18.2 Å². The summed E-state index contributed by atoms with van der Waals surface area (Å²) in [6.45, 7) is 0. The van der Waals surface area contributed by atoms with Crippen LogP contribution >= 0.6 is 12.2 Å². The van der Waals surface area contributed by atoms with Crippen LogP contribution in [0.3, 0.4) is 0 Å². The summed E-state index contributed by atoms with van der Waals surface area (Å²) in [6.07, 6.45) is 0. The largest absolute Gasteiger partial charge is 0.506 e. The molecule has 0 saturated carbocycles. The number of hydrogen-bond donors (Lipinski definition) is 3. The number of halogens is 1. The maximum atomic E-state index is 13.1. The predicted octanol–water partition coefficient (Wildman–Crippen LogP) is 2.57. The monoisotopic (exact) mass is 335 g/mol. The van der Waals surface area contributed by atoms with Gasteiger partial charge in [-0.15, -0.1) is 0 Å². The highest BCUT2D eigenvalue weighted by Crippen LogP contribution is 2.27. The number of nitrogens with zero attached hydrogens (tertiary/aromatic N) is 1. The van der Waals surface area contributed by atoms with Crippen molar-refractivity contribution in [2.75, 3.05) is 5.32 Å². The Balaban J connectivity index is 2.09. The molecule has 0 aliphatic heterocycles. The Bertz CT molecular complexity index is 797. The number of carbonyl (C=O) groups excluding carboxylic acids is 1. The van der Waals surface area contributed by atoms with Gasteiger partial charge in [0.1, 0.15) is 11.6 Å². The topological polar surface area (TPSA) is 104 Å². The highest BCUT2D eigenvalue weighted by Gasteiger charge is 2.13. The van der Waals surface area contributed by atoms with Gasteiger partial charge in [0.05, 0.1) is 10.6 Å². The second kappa shape index (κ2) is 6.79. The Hall–Kier alpha value is -3.07. The van der Waals surface area contributed by atoms with Crippen molar-refractivity contribution in [3.63, 3.8) is 0 Å². The number of aromatic hydroxyl groups is 1. The van der Waals surface area contributed by atoms with E-state index < -0.39 is 16.6 Å². The van der Waals surface area contributed by atoms with E-state index in [0.717, 1.165) is 24.3 Å². The molecule has 0 fully saturated rings. The maximum absolute atomic E-state index is 13.1. The Morgan fingerprint density at radius 2 is 2.00 bits per heavy atom. The predicted molar refractivity (Wildman–Crippen MR) is 84.8 cm³/mol. The molecule has 3 N–H and O–H groups in total. The molecule has 0 radical (unpaired) electrons. The number of nitrogens with one attached hydrogen (secondary N) is 2. The molecule has 9 heteroatoms. The van der Waals surface area contributed by atoms with Crippen LogP contribution in [0.4, 0.5) is 15.8 Å². The lowest BCUT2D eigenvalue weighted by atomic mass is 10.2. The van der Waals surface area contributed by atoms with Crippen molar-refractivity contribution in [2.24, 2.45) is 0 Å². The molecule has 0 aromatic heterocycles. The van der Waals surface area contributed by atoms with Crippen molar-refractivity contribution in [1.82, 2.24) is 5.32 Å². The number of rotatable bonds is 3. The molecule has 7 nitrogen and oxygen atoms in total. The third-order valence-corrected chi connectivity index (χ3v) is 2.96. The number of amides is 1. The Labute approximate surface area is 134 Å². The van der Waals surface area contributed by atoms with E-state index in [1.807, 2.05) is 0 Å². The summed E-state index contributed by atoms with van der Waals surface area (Å²) in [6, 6.07) is 8.29. The summed E-state index contributed by atoms with van der Waals surface area (Å²) in [4.78, 5) is 21.9. The standard InChI is InChI=1S/C14H10FN3O4S/c15-9-3-1-2-8(6-9)13(20)17-14(23)16-11-7-10(18(21)22)4-5-12(11)19/h1-7,19H,(H2,16,17,20,23). The molecule has 23 heavy (non-hydrogen) atoms. The van der Waals surface area contributed by atoms with Crippen LogP contribution in [-0.4, -0.2) is 21.0 Å². The van der Waals surface area contributed by atoms with Crippen LogP contribution in [0, 0.1) is 15.9 Å². The summed E-state index contributed by atoms with van der Waals surface area (Å²) in [5.41, 5.74) is -0.245. The third-order valence-electron chi connectivity index (χ3n) is 2.75. The van der Waals surface area contributed by atoms with Crippen LogP contribution in [0.25, 0.3) is 0 Å². The van der Waals surface area contributed by atoms with Crippen molar-refractivity contribution in [3.05, 3.63) is 64.0 Å². The van der Waals surface area contributed by atoms with Crippen molar-refractivity contribution < 1.29 is 19.2 Å². The second-order valence-corrected chi connectivity index (χ2v) is 4.79. The maximum Gasteiger partial charge on any atom is 0.271 e. The number of thiocarbonyl (C=S) groups is 1.